The molecule has 0 bridgehead atoms. The molecule has 144 valence electrons. The minimum atomic E-state index is -0.603. The van der Waals surface area contributed by atoms with Crippen LogP contribution < -0.4 is 5.23 Å². The normalized spacial score (nSPS) is 23.9. The predicted octanol–water partition coefficient (Wildman–Crippen LogP) is 1.82. The fourth-order valence-corrected chi connectivity index (χ4v) is 4.01. The van der Waals surface area contributed by atoms with Crippen LogP contribution >= 0.6 is 0 Å². The van der Waals surface area contributed by atoms with E-state index in [4.69, 9.17) is 4.74 Å². The lowest BCUT2D eigenvalue weighted by atomic mass is 9.71. The summed E-state index contributed by atoms with van der Waals surface area (Å²) in [6.45, 7) is 6.16. The Morgan fingerprint density at radius 1 is 1.33 bits per heavy atom. The number of hydroxylamine groups is 2. The van der Waals surface area contributed by atoms with Gasteiger partial charge in [-0.1, -0.05) is 31.6 Å². The number of carbonyl (C=O) groups excluding carboxylic acids is 3. The number of esters is 2. The van der Waals surface area contributed by atoms with Crippen molar-refractivity contribution in [2.24, 2.45) is 11.3 Å². The van der Waals surface area contributed by atoms with Gasteiger partial charge in [-0.15, -0.1) is 5.23 Å². The van der Waals surface area contributed by atoms with Crippen molar-refractivity contribution in [1.82, 2.24) is 0 Å². The molecular formula is C20H23NO6. The molecule has 2 aliphatic carbocycles. The molecule has 1 N–H and O–H groups in total. The summed E-state index contributed by atoms with van der Waals surface area (Å²) in [6, 6.07) is 0. The molecule has 0 saturated heterocycles. The monoisotopic (exact) mass is 373 g/mol. The van der Waals surface area contributed by atoms with Crippen molar-refractivity contribution in [3.05, 3.63) is 51.4 Å². The van der Waals surface area contributed by atoms with Gasteiger partial charge in [-0.05, 0) is 43.6 Å². The van der Waals surface area contributed by atoms with Crippen molar-refractivity contribution in [2.75, 3.05) is 0 Å². The Labute approximate surface area is 157 Å². The van der Waals surface area contributed by atoms with E-state index in [0.29, 0.717) is 36.1 Å². The molecule has 0 fully saturated rings. The third kappa shape index (κ3) is 3.79. The zero-order chi connectivity index (χ0) is 19.8. The lowest BCUT2D eigenvalue weighted by Crippen LogP contribution is -3.04. The van der Waals surface area contributed by atoms with Gasteiger partial charge in [-0.3, -0.25) is 4.84 Å². The van der Waals surface area contributed by atoms with Crippen LogP contribution in [0.4, 0.5) is 0 Å². The number of ether oxygens (including phenoxy) is 1. The van der Waals surface area contributed by atoms with E-state index < -0.39 is 17.2 Å². The topological polar surface area (TPSA) is 97.2 Å². The maximum Gasteiger partial charge on any atom is 0.356 e. The standard InChI is InChI=1S/C20H23NO6/c1-12-4-5-13(8-17(12)21(25)26-11-22)10-20(2,3)14-6-7-15-16(9-14)19(24)27-18(15)23/h4-5,9,11,13,21H,6-8,10H2,1-3H3. The fraction of sp³-hybridized carbons (Fsp3) is 0.450. The Morgan fingerprint density at radius 3 is 2.78 bits per heavy atom. The first-order chi connectivity index (χ1) is 12.7. The highest BCUT2D eigenvalue weighted by Gasteiger charge is 2.37. The largest absolute Gasteiger partial charge is 0.586 e. The van der Waals surface area contributed by atoms with Crippen molar-refractivity contribution in [2.45, 2.75) is 46.5 Å². The Hall–Kier alpha value is -2.51. The molecule has 1 heterocycles. The van der Waals surface area contributed by atoms with Gasteiger partial charge < -0.3 is 9.94 Å². The van der Waals surface area contributed by atoms with Crippen LogP contribution in [0.15, 0.2) is 46.2 Å². The molecule has 0 saturated carbocycles. The second kappa shape index (κ2) is 7.25. The van der Waals surface area contributed by atoms with Gasteiger partial charge in [-0.2, -0.15) is 0 Å². The summed E-state index contributed by atoms with van der Waals surface area (Å²) in [5, 5.41) is 11.4. The van der Waals surface area contributed by atoms with E-state index in [1.165, 1.54) is 0 Å². The van der Waals surface area contributed by atoms with E-state index in [1.807, 2.05) is 13.0 Å². The molecular weight excluding hydrogens is 350 g/mol. The van der Waals surface area contributed by atoms with Gasteiger partial charge >= 0.3 is 18.4 Å². The van der Waals surface area contributed by atoms with Gasteiger partial charge in [0.1, 0.15) is 0 Å². The summed E-state index contributed by atoms with van der Waals surface area (Å²) in [6.07, 6.45) is 8.20. The Balaban J connectivity index is 1.75. The van der Waals surface area contributed by atoms with Crippen LogP contribution in [0.25, 0.3) is 0 Å². The number of nitrogens with one attached hydrogen (secondary N) is 1. The Bertz CT molecular complexity index is 814. The summed E-state index contributed by atoms with van der Waals surface area (Å²) in [5.74, 6) is -0.999. The minimum Gasteiger partial charge on any atom is -0.586 e. The molecule has 3 rings (SSSR count). The summed E-state index contributed by atoms with van der Waals surface area (Å²) < 4.78 is 4.70. The van der Waals surface area contributed by atoms with Crippen molar-refractivity contribution in [3.63, 3.8) is 0 Å². The molecule has 0 aromatic rings. The zero-order valence-electron chi connectivity index (χ0n) is 15.7. The molecule has 27 heavy (non-hydrogen) atoms. The highest BCUT2D eigenvalue weighted by Crippen LogP contribution is 2.43. The SMILES string of the molecule is CC1=C([NH+]([O-])OC=O)CC(CC(C)(C)C2=CC3=C(CC2)C(=O)OC3=O)C=C1. The van der Waals surface area contributed by atoms with E-state index >= 15 is 0 Å². The van der Waals surface area contributed by atoms with Gasteiger partial charge in [0.05, 0.1) is 11.1 Å². The number of hydrogen-bond acceptors (Lipinski definition) is 6. The Morgan fingerprint density at radius 2 is 2.07 bits per heavy atom. The van der Waals surface area contributed by atoms with E-state index in [-0.39, 0.29) is 17.8 Å². The summed E-state index contributed by atoms with van der Waals surface area (Å²) >= 11 is 0. The van der Waals surface area contributed by atoms with Crippen LogP contribution in [0, 0.1) is 16.5 Å². The van der Waals surface area contributed by atoms with Crippen molar-refractivity contribution < 1.29 is 29.2 Å². The molecule has 7 nitrogen and oxygen atoms in total. The van der Waals surface area contributed by atoms with Gasteiger partial charge in [0.2, 0.25) is 0 Å². The van der Waals surface area contributed by atoms with E-state index in [0.717, 1.165) is 17.6 Å². The van der Waals surface area contributed by atoms with Crippen LogP contribution in [0.2, 0.25) is 0 Å². The second-order valence-electron chi connectivity index (χ2n) is 7.81. The molecule has 2 atom stereocenters. The first-order valence-corrected chi connectivity index (χ1v) is 8.96. The van der Waals surface area contributed by atoms with E-state index in [2.05, 4.69) is 24.8 Å². The van der Waals surface area contributed by atoms with Gasteiger partial charge in [0.25, 0.3) is 0 Å². The minimum absolute atomic E-state index is 0.103. The van der Waals surface area contributed by atoms with E-state index in [1.54, 1.807) is 6.08 Å². The Kier molecular flexibility index (Phi) is 5.17. The molecule has 3 aliphatic rings. The van der Waals surface area contributed by atoms with Gasteiger partial charge in [-0.25, -0.2) is 14.4 Å². The van der Waals surface area contributed by atoms with Crippen LogP contribution in [0.1, 0.15) is 46.5 Å². The number of hydrogen-bond donors (Lipinski definition) is 1. The summed E-state index contributed by atoms with van der Waals surface area (Å²) in [4.78, 5) is 38.5. The lowest BCUT2D eigenvalue weighted by Gasteiger charge is -2.34. The highest BCUT2D eigenvalue weighted by molar-refractivity contribution is 6.14. The molecule has 2 unspecified atom stereocenters. The van der Waals surface area contributed by atoms with Crippen LogP contribution in [0.5, 0.6) is 0 Å². The third-order valence-electron chi connectivity index (χ3n) is 5.54. The number of quaternary nitrogens is 1. The predicted molar refractivity (Wildman–Crippen MR) is 95.3 cm³/mol. The first-order valence-electron chi connectivity index (χ1n) is 8.96. The molecule has 1 aliphatic heterocycles. The van der Waals surface area contributed by atoms with Crippen molar-refractivity contribution in [3.8, 4) is 0 Å². The van der Waals surface area contributed by atoms with Crippen LogP contribution in [-0.2, 0) is 24.0 Å². The molecule has 0 aromatic carbocycles. The van der Waals surface area contributed by atoms with Crippen LogP contribution in [-0.4, -0.2) is 18.4 Å². The summed E-state index contributed by atoms with van der Waals surface area (Å²) in [5.41, 5.74) is 3.01. The number of cyclic esters (lactones) is 2. The molecule has 7 heteroatoms. The quantitative estimate of drug-likeness (QED) is 0.330. The van der Waals surface area contributed by atoms with Gasteiger partial charge in [0.15, 0.2) is 5.70 Å². The average Bonchev–Trinajstić information content (AvgIpc) is 2.90. The number of rotatable bonds is 6. The van der Waals surface area contributed by atoms with Crippen molar-refractivity contribution >= 4 is 18.4 Å². The highest BCUT2D eigenvalue weighted by atomic mass is 16.9. The fourth-order valence-electron chi connectivity index (χ4n) is 4.01. The van der Waals surface area contributed by atoms with E-state index in [9.17, 15) is 19.6 Å². The molecule has 0 aromatic heterocycles. The maximum atomic E-state index is 12.0. The smallest absolute Gasteiger partial charge is 0.356 e. The van der Waals surface area contributed by atoms with Crippen molar-refractivity contribution in [1.29, 1.82) is 0 Å². The number of allylic oxidation sites excluding steroid dienone is 5. The van der Waals surface area contributed by atoms with Gasteiger partial charge in [0, 0.05) is 12.0 Å². The summed E-state index contributed by atoms with van der Waals surface area (Å²) in [7, 11) is 0. The average molecular weight is 373 g/mol. The van der Waals surface area contributed by atoms with Crippen LogP contribution in [0.3, 0.4) is 0 Å². The third-order valence-corrected chi connectivity index (χ3v) is 5.54. The second-order valence-corrected chi connectivity index (χ2v) is 7.81. The maximum absolute atomic E-state index is 12.0. The first kappa shape index (κ1) is 19.3. The zero-order valence-corrected chi connectivity index (χ0v) is 15.7. The molecule has 0 radical (unpaired) electrons. The molecule has 0 spiro atoms. The molecule has 0 amide bonds. The number of carbonyl (C=O) groups is 3. The lowest BCUT2D eigenvalue weighted by molar-refractivity contribution is -0.999.